The van der Waals surface area contributed by atoms with Crippen molar-refractivity contribution in [2.75, 3.05) is 46.3 Å². The summed E-state index contributed by atoms with van der Waals surface area (Å²) in [6, 6.07) is 0. The highest BCUT2D eigenvalue weighted by atomic mass is 19.4. The van der Waals surface area contributed by atoms with Gasteiger partial charge in [0.25, 0.3) is 0 Å². The third-order valence-electron chi connectivity index (χ3n) is 3.02. The summed E-state index contributed by atoms with van der Waals surface area (Å²) in [7, 11) is 1.77. The van der Waals surface area contributed by atoms with Gasteiger partial charge in [0.1, 0.15) is 0 Å². The Morgan fingerprint density at radius 3 is 2.28 bits per heavy atom. The van der Waals surface area contributed by atoms with Crippen LogP contribution >= 0.6 is 0 Å². The van der Waals surface area contributed by atoms with E-state index in [9.17, 15) is 18.0 Å². The standard InChI is InChI=1S/C11H20F3N3O/c1-9(7-15-2)10(18)17-5-3-16(4-6-17)8-11(12,13)14/h9,15H,3-8H2,1-2H3. The van der Waals surface area contributed by atoms with Crippen LogP contribution in [0.1, 0.15) is 6.92 Å². The minimum absolute atomic E-state index is 0.0102. The van der Waals surface area contributed by atoms with E-state index in [1.165, 1.54) is 4.90 Å². The molecule has 0 spiro atoms. The van der Waals surface area contributed by atoms with Crippen molar-refractivity contribution in [3.8, 4) is 0 Å². The summed E-state index contributed by atoms with van der Waals surface area (Å²) < 4.78 is 36.6. The molecule has 7 heteroatoms. The first-order chi connectivity index (χ1) is 8.33. The van der Waals surface area contributed by atoms with Gasteiger partial charge in [-0.15, -0.1) is 0 Å². The van der Waals surface area contributed by atoms with E-state index in [1.54, 1.807) is 11.9 Å². The van der Waals surface area contributed by atoms with Crippen molar-refractivity contribution in [2.24, 2.45) is 5.92 Å². The lowest BCUT2D eigenvalue weighted by Crippen LogP contribution is -2.52. The fourth-order valence-electron chi connectivity index (χ4n) is 2.09. The Hall–Kier alpha value is -0.820. The summed E-state index contributed by atoms with van der Waals surface area (Å²) >= 11 is 0. The smallest absolute Gasteiger partial charge is 0.340 e. The summed E-state index contributed by atoms with van der Waals surface area (Å²) in [6.07, 6.45) is -4.16. The molecule has 0 aromatic heterocycles. The fourth-order valence-corrected chi connectivity index (χ4v) is 2.09. The van der Waals surface area contributed by atoms with Gasteiger partial charge in [0.15, 0.2) is 0 Å². The number of hydrogen-bond acceptors (Lipinski definition) is 3. The summed E-state index contributed by atoms with van der Waals surface area (Å²) in [5.74, 6) is -0.125. The largest absolute Gasteiger partial charge is 0.401 e. The van der Waals surface area contributed by atoms with E-state index in [4.69, 9.17) is 0 Å². The van der Waals surface area contributed by atoms with Crippen LogP contribution in [0.4, 0.5) is 13.2 Å². The second-order valence-corrected chi connectivity index (χ2v) is 4.68. The molecule has 1 saturated heterocycles. The molecule has 1 fully saturated rings. The number of rotatable bonds is 4. The molecular weight excluding hydrogens is 247 g/mol. The zero-order valence-corrected chi connectivity index (χ0v) is 10.8. The van der Waals surface area contributed by atoms with Crippen LogP contribution in [0.3, 0.4) is 0 Å². The van der Waals surface area contributed by atoms with Gasteiger partial charge >= 0.3 is 6.18 Å². The second-order valence-electron chi connectivity index (χ2n) is 4.68. The maximum Gasteiger partial charge on any atom is 0.401 e. The molecule has 0 saturated carbocycles. The number of nitrogens with zero attached hydrogens (tertiary/aromatic N) is 2. The molecule has 18 heavy (non-hydrogen) atoms. The predicted molar refractivity (Wildman–Crippen MR) is 62.2 cm³/mol. The van der Waals surface area contributed by atoms with Gasteiger partial charge in [-0.25, -0.2) is 0 Å². The molecule has 106 valence electrons. The highest BCUT2D eigenvalue weighted by Crippen LogP contribution is 2.17. The molecule has 1 heterocycles. The zero-order valence-electron chi connectivity index (χ0n) is 10.8. The second kappa shape index (κ2) is 6.38. The van der Waals surface area contributed by atoms with Crippen LogP contribution < -0.4 is 5.32 Å². The van der Waals surface area contributed by atoms with Crippen molar-refractivity contribution in [3.05, 3.63) is 0 Å². The predicted octanol–water partition coefficient (Wildman–Crippen LogP) is 0.548. The summed E-state index contributed by atoms with van der Waals surface area (Å²) in [5, 5.41) is 2.92. The van der Waals surface area contributed by atoms with E-state index in [0.717, 1.165) is 0 Å². The third-order valence-corrected chi connectivity index (χ3v) is 3.02. The summed E-state index contributed by atoms with van der Waals surface area (Å²) in [4.78, 5) is 14.9. The van der Waals surface area contributed by atoms with Gasteiger partial charge in [-0.2, -0.15) is 13.2 Å². The molecule has 1 atom stereocenters. The van der Waals surface area contributed by atoms with E-state index in [0.29, 0.717) is 19.6 Å². The summed E-state index contributed by atoms with van der Waals surface area (Å²) in [5.41, 5.74) is 0. The minimum atomic E-state index is -4.16. The van der Waals surface area contributed by atoms with E-state index in [1.807, 2.05) is 6.92 Å². The van der Waals surface area contributed by atoms with E-state index in [2.05, 4.69) is 5.32 Å². The number of piperazine rings is 1. The number of carbonyl (C=O) groups is 1. The Bertz CT molecular complexity index is 275. The molecule has 1 rings (SSSR count). The molecule has 1 unspecified atom stereocenters. The zero-order chi connectivity index (χ0) is 13.8. The molecule has 0 aliphatic carbocycles. The molecule has 0 aromatic rings. The Labute approximate surface area is 105 Å². The van der Waals surface area contributed by atoms with Gasteiger partial charge in [0.2, 0.25) is 5.91 Å². The Morgan fingerprint density at radius 1 is 1.28 bits per heavy atom. The normalized spacial score (nSPS) is 19.9. The number of alkyl halides is 3. The van der Waals surface area contributed by atoms with Crippen LogP contribution in [-0.2, 0) is 4.79 Å². The van der Waals surface area contributed by atoms with Crippen LogP contribution in [0.5, 0.6) is 0 Å². The maximum atomic E-state index is 12.2. The van der Waals surface area contributed by atoms with Gasteiger partial charge in [-0.05, 0) is 7.05 Å². The van der Waals surface area contributed by atoms with Crippen molar-refractivity contribution in [1.82, 2.24) is 15.1 Å². The lowest BCUT2D eigenvalue weighted by molar-refractivity contribution is -0.152. The molecule has 1 N–H and O–H groups in total. The average Bonchev–Trinajstić information content (AvgIpc) is 2.27. The van der Waals surface area contributed by atoms with Crippen molar-refractivity contribution in [2.45, 2.75) is 13.1 Å². The number of hydrogen-bond donors (Lipinski definition) is 1. The fraction of sp³-hybridized carbons (Fsp3) is 0.909. The van der Waals surface area contributed by atoms with Crippen molar-refractivity contribution in [3.63, 3.8) is 0 Å². The minimum Gasteiger partial charge on any atom is -0.340 e. The van der Waals surface area contributed by atoms with E-state index in [-0.39, 0.29) is 24.9 Å². The monoisotopic (exact) mass is 267 g/mol. The first kappa shape index (κ1) is 15.2. The van der Waals surface area contributed by atoms with Gasteiger partial charge < -0.3 is 10.2 Å². The van der Waals surface area contributed by atoms with Gasteiger partial charge in [-0.1, -0.05) is 6.92 Å². The Kier molecular flexibility index (Phi) is 5.40. The molecular formula is C11H20F3N3O. The number of nitrogens with one attached hydrogen (secondary N) is 1. The van der Waals surface area contributed by atoms with Crippen LogP contribution in [0.25, 0.3) is 0 Å². The van der Waals surface area contributed by atoms with Gasteiger partial charge in [0.05, 0.1) is 6.54 Å². The number of carbonyl (C=O) groups excluding carboxylic acids is 1. The molecule has 1 aliphatic rings. The molecule has 0 aromatic carbocycles. The summed E-state index contributed by atoms with van der Waals surface area (Å²) in [6.45, 7) is 2.85. The first-order valence-electron chi connectivity index (χ1n) is 6.06. The van der Waals surface area contributed by atoms with Crippen molar-refractivity contribution < 1.29 is 18.0 Å². The Balaban J connectivity index is 2.37. The molecule has 1 aliphatic heterocycles. The van der Waals surface area contributed by atoms with Gasteiger partial charge in [-0.3, -0.25) is 9.69 Å². The van der Waals surface area contributed by atoms with Crippen LogP contribution in [0.2, 0.25) is 0 Å². The number of halogens is 3. The molecule has 0 radical (unpaired) electrons. The van der Waals surface area contributed by atoms with E-state index >= 15 is 0 Å². The highest BCUT2D eigenvalue weighted by molar-refractivity contribution is 5.78. The van der Waals surface area contributed by atoms with E-state index < -0.39 is 12.7 Å². The lowest BCUT2D eigenvalue weighted by atomic mass is 10.1. The molecule has 0 bridgehead atoms. The number of amides is 1. The quantitative estimate of drug-likeness (QED) is 0.808. The molecule has 1 amide bonds. The van der Waals surface area contributed by atoms with Crippen LogP contribution in [0, 0.1) is 5.92 Å². The average molecular weight is 267 g/mol. The molecule has 4 nitrogen and oxygen atoms in total. The topological polar surface area (TPSA) is 35.6 Å². The first-order valence-corrected chi connectivity index (χ1v) is 6.06. The van der Waals surface area contributed by atoms with Crippen LogP contribution in [0.15, 0.2) is 0 Å². The SMILES string of the molecule is CNCC(C)C(=O)N1CCN(CC(F)(F)F)CC1. The van der Waals surface area contributed by atoms with Crippen molar-refractivity contribution in [1.29, 1.82) is 0 Å². The van der Waals surface area contributed by atoms with Crippen molar-refractivity contribution >= 4 is 5.91 Å². The third kappa shape index (κ3) is 4.81. The lowest BCUT2D eigenvalue weighted by Gasteiger charge is -2.36. The van der Waals surface area contributed by atoms with Gasteiger partial charge in [0, 0.05) is 38.6 Å². The Morgan fingerprint density at radius 2 is 1.83 bits per heavy atom. The maximum absolute atomic E-state index is 12.2. The van der Waals surface area contributed by atoms with Crippen LogP contribution in [-0.4, -0.2) is 68.2 Å². The highest BCUT2D eigenvalue weighted by Gasteiger charge is 2.33.